The second kappa shape index (κ2) is 5.86. The quantitative estimate of drug-likeness (QED) is 0.882. The van der Waals surface area contributed by atoms with Gasteiger partial charge in [-0.05, 0) is 0 Å². The number of H-pyrrole nitrogens is 1. The smallest absolute Gasteiger partial charge is 0.309 e. The van der Waals surface area contributed by atoms with Crippen LogP contribution in [0.25, 0.3) is 0 Å². The van der Waals surface area contributed by atoms with E-state index in [4.69, 9.17) is 4.52 Å². The van der Waals surface area contributed by atoms with Crippen LogP contribution in [0.4, 0.5) is 0 Å². The maximum atomic E-state index is 12.5. The Bertz CT molecular complexity index is 707. The Labute approximate surface area is 132 Å². The number of carboxylic acids is 1. The summed E-state index contributed by atoms with van der Waals surface area (Å²) < 4.78 is 5.15. The Hall–Kier alpha value is -2.64. The summed E-state index contributed by atoms with van der Waals surface area (Å²) >= 11 is 0. The SMILES string of the molecule is CC(C)c1cc(C(=O)N2C[C@@H](C(=O)O)[C@H](c3ncc[nH]3)C2)no1. The van der Waals surface area contributed by atoms with Crippen molar-refractivity contribution in [2.24, 2.45) is 5.92 Å². The summed E-state index contributed by atoms with van der Waals surface area (Å²) in [6.45, 7) is 4.30. The Kier molecular flexibility index (Phi) is 3.89. The van der Waals surface area contributed by atoms with E-state index in [1.807, 2.05) is 13.8 Å². The Morgan fingerprint density at radius 3 is 2.78 bits per heavy atom. The van der Waals surface area contributed by atoms with E-state index in [0.717, 1.165) is 0 Å². The van der Waals surface area contributed by atoms with Gasteiger partial charge in [-0.25, -0.2) is 4.98 Å². The molecule has 1 amide bonds. The van der Waals surface area contributed by atoms with Crippen molar-refractivity contribution in [3.8, 4) is 0 Å². The van der Waals surface area contributed by atoms with Crippen molar-refractivity contribution in [1.29, 1.82) is 0 Å². The maximum Gasteiger partial charge on any atom is 0.309 e. The highest BCUT2D eigenvalue weighted by molar-refractivity contribution is 5.93. The van der Waals surface area contributed by atoms with Crippen molar-refractivity contribution in [2.45, 2.75) is 25.7 Å². The van der Waals surface area contributed by atoms with Gasteiger partial charge in [-0.2, -0.15) is 0 Å². The maximum absolute atomic E-state index is 12.5. The van der Waals surface area contributed by atoms with E-state index in [1.165, 1.54) is 4.90 Å². The summed E-state index contributed by atoms with van der Waals surface area (Å²) in [6, 6.07) is 1.61. The predicted molar refractivity (Wildman–Crippen MR) is 79.0 cm³/mol. The van der Waals surface area contributed by atoms with Gasteiger partial charge in [0.15, 0.2) is 5.69 Å². The number of carbonyl (C=O) groups is 2. The van der Waals surface area contributed by atoms with Gasteiger partial charge in [-0.1, -0.05) is 19.0 Å². The van der Waals surface area contributed by atoms with E-state index >= 15 is 0 Å². The van der Waals surface area contributed by atoms with Gasteiger partial charge in [0.05, 0.1) is 5.92 Å². The summed E-state index contributed by atoms with van der Waals surface area (Å²) in [5.41, 5.74) is 0.206. The number of likely N-dealkylation sites (tertiary alicyclic amines) is 1. The number of hydrogen-bond acceptors (Lipinski definition) is 5. The van der Waals surface area contributed by atoms with Crippen molar-refractivity contribution >= 4 is 11.9 Å². The number of amides is 1. The molecule has 0 radical (unpaired) electrons. The summed E-state index contributed by atoms with van der Waals surface area (Å²) in [6.07, 6.45) is 3.22. The van der Waals surface area contributed by atoms with Gasteiger partial charge in [-0.3, -0.25) is 9.59 Å². The van der Waals surface area contributed by atoms with Crippen LogP contribution in [0.5, 0.6) is 0 Å². The van der Waals surface area contributed by atoms with Crippen LogP contribution < -0.4 is 0 Å². The first-order chi connectivity index (χ1) is 11.0. The van der Waals surface area contributed by atoms with Gasteiger partial charge >= 0.3 is 5.97 Å². The lowest BCUT2D eigenvalue weighted by Crippen LogP contribution is -2.30. The summed E-state index contributed by atoms with van der Waals surface area (Å²) in [4.78, 5) is 32.6. The fraction of sp³-hybridized carbons (Fsp3) is 0.467. The third-order valence-electron chi connectivity index (χ3n) is 4.11. The minimum absolute atomic E-state index is 0.128. The molecule has 0 aromatic carbocycles. The van der Waals surface area contributed by atoms with Crippen LogP contribution >= 0.6 is 0 Å². The van der Waals surface area contributed by atoms with E-state index in [9.17, 15) is 14.7 Å². The molecule has 0 spiro atoms. The van der Waals surface area contributed by atoms with Crippen molar-refractivity contribution in [3.05, 3.63) is 35.7 Å². The van der Waals surface area contributed by atoms with Gasteiger partial charge in [0.2, 0.25) is 0 Å². The largest absolute Gasteiger partial charge is 0.481 e. The highest BCUT2D eigenvalue weighted by atomic mass is 16.5. The predicted octanol–water partition coefficient (Wildman–Crippen LogP) is 1.46. The van der Waals surface area contributed by atoms with E-state index < -0.39 is 11.9 Å². The lowest BCUT2D eigenvalue weighted by Gasteiger charge is -2.13. The third-order valence-corrected chi connectivity index (χ3v) is 4.11. The molecule has 1 aliphatic rings. The van der Waals surface area contributed by atoms with Crippen LogP contribution in [-0.4, -0.2) is 50.1 Å². The van der Waals surface area contributed by atoms with Crippen molar-refractivity contribution in [2.75, 3.05) is 13.1 Å². The molecule has 0 aliphatic carbocycles. The zero-order valence-electron chi connectivity index (χ0n) is 12.9. The number of aromatic amines is 1. The Balaban J connectivity index is 1.80. The molecular formula is C15H18N4O4. The molecule has 0 bridgehead atoms. The zero-order chi connectivity index (χ0) is 16.6. The number of aliphatic carboxylic acids is 1. The molecule has 8 heteroatoms. The minimum Gasteiger partial charge on any atom is -0.481 e. The highest BCUT2D eigenvalue weighted by Gasteiger charge is 2.42. The molecule has 3 rings (SSSR count). The van der Waals surface area contributed by atoms with E-state index in [2.05, 4.69) is 15.1 Å². The molecule has 1 fully saturated rings. The van der Waals surface area contributed by atoms with Crippen LogP contribution in [-0.2, 0) is 4.79 Å². The highest BCUT2D eigenvalue weighted by Crippen LogP contribution is 2.32. The first-order valence-corrected chi connectivity index (χ1v) is 7.45. The Morgan fingerprint density at radius 2 is 2.22 bits per heavy atom. The fourth-order valence-corrected chi connectivity index (χ4v) is 2.80. The molecule has 8 nitrogen and oxygen atoms in total. The molecule has 3 heterocycles. The summed E-state index contributed by atoms with van der Waals surface area (Å²) in [5.74, 6) is -0.971. The second-order valence-corrected chi connectivity index (χ2v) is 6.00. The molecular weight excluding hydrogens is 300 g/mol. The van der Waals surface area contributed by atoms with Crippen LogP contribution in [0.1, 0.15) is 47.8 Å². The average Bonchev–Trinajstić information content (AvgIpc) is 3.24. The number of nitrogens with one attached hydrogen (secondary N) is 1. The molecule has 1 aliphatic heterocycles. The standard InChI is InChI=1S/C15H18N4O4/c1-8(2)12-5-11(18-23-12)14(20)19-6-9(10(7-19)15(21)22)13-16-3-4-17-13/h3-5,8-10H,6-7H2,1-2H3,(H,16,17)(H,21,22)/t9-,10-/m1/s1. The van der Waals surface area contributed by atoms with Gasteiger partial charge in [-0.15, -0.1) is 0 Å². The van der Waals surface area contributed by atoms with Crippen molar-refractivity contribution < 1.29 is 19.2 Å². The third kappa shape index (κ3) is 2.84. The van der Waals surface area contributed by atoms with Crippen LogP contribution in [0.15, 0.2) is 23.0 Å². The van der Waals surface area contributed by atoms with Gasteiger partial charge in [0.1, 0.15) is 11.6 Å². The van der Waals surface area contributed by atoms with Gasteiger partial charge in [0.25, 0.3) is 5.91 Å². The zero-order valence-corrected chi connectivity index (χ0v) is 12.9. The number of rotatable bonds is 4. The molecule has 0 unspecified atom stereocenters. The molecule has 1 saturated heterocycles. The summed E-state index contributed by atoms with van der Waals surface area (Å²) in [7, 11) is 0. The van der Waals surface area contributed by atoms with Crippen LogP contribution in [0.2, 0.25) is 0 Å². The van der Waals surface area contributed by atoms with Gasteiger partial charge in [0, 0.05) is 43.4 Å². The van der Waals surface area contributed by atoms with E-state index in [-0.39, 0.29) is 36.5 Å². The lowest BCUT2D eigenvalue weighted by molar-refractivity contribution is -0.141. The van der Waals surface area contributed by atoms with Crippen LogP contribution in [0.3, 0.4) is 0 Å². The van der Waals surface area contributed by atoms with Crippen molar-refractivity contribution in [1.82, 2.24) is 20.0 Å². The van der Waals surface area contributed by atoms with E-state index in [0.29, 0.717) is 11.6 Å². The number of aromatic nitrogens is 3. The normalized spacial score (nSPS) is 21.1. The molecule has 2 N–H and O–H groups in total. The molecule has 2 aromatic rings. The van der Waals surface area contributed by atoms with E-state index in [1.54, 1.807) is 18.5 Å². The first kappa shape index (κ1) is 15.3. The molecule has 122 valence electrons. The molecule has 2 atom stereocenters. The molecule has 2 aromatic heterocycles. The number of carbonyl (C=O) groups excluding carboxylic acids is 1. The number of hydrogen-bond donors (Lipinski definition) is 2. The number of nitrogens with zero attached hydrogens (tertiary/aromatic N) is 3. The van der Waals surface area contributed by atoms with Crippen LogP contribution in [0, 0.1) is 5.92 Å². The lowest BCUT2D eigenvalue weighted by atomic mass is 9.96. The number of imidazole rings is 1. The Morgan fingerprint density at radius 1 is 1.43 bits per heavy atom. The number of carboxylic acid groups (broad SMARTS) is 1. The average molecular weight is 318 g/mol. The van der Waals surface area contributed by atoms with Crippen molar-refractivity contribution in [3.63, 3.8) is 0 Å². The minimum atomic E-state index is -0.940. The monoisotopic (exact) mass is 318 g/mol. The topological polar surface area (TPSA) is 112 Å². The summed E-state index contributed by atoms with van der Waals surface area (Å²) in [5, 5.41) is 13.2. The molecule has 23 heavy (non-hydrogen) atoms. The molecule has 0 saturated carbocycles. The first-order valence-electron chi connectivity index (χ1n) is 7.45. The van der Waals surface area contributed by atoms with Gasteiger partial charge < -0.3 is 19.5 Å². The second-order valence-electron chi connectivity index (χ2n) is 6.00. The fourth-order valence-electron chi connectivity index (χ4n) is 2.80.